The summed E-state index contributed by atoms with van der Waals surface area (Å²) < 4.78 is 0. The summed E-state index contributed by atoms with van der Waals surface area (Å²) in [6.07, 6.45) is 2.09. The Hall–Kier alpha value is -1.46. The summed E-state index contributed by atoms with van der Waals surface area (Å²) in [7, 11) is 0. The van der Waals surface area contributed by atoms with Crippen LogP contribution in [-0.2, 0) is 6.42 Å². The summed E-state index contributed by atoms with van der Waals surface area (Å²) in [6, 6.07) is 3.74. The molecule has 1 unspecified atom stereocenters. The molecule has 5 nitrogen and oxygen atoms in total. The highest BCUT2D eigenvalue weighted by molar-refractivity contribution is 5.69. The molecule has 2 heterocycles. The first-order valence-corrected chi connectivity index (χ1v) is 4.83. The maximum absolute atomic E-state index is 9.80. The predicted octanol–water partition coefficient (Wildman–Crippen LogP) is 0.210. The Morgan fingerprint density at radius 1 is 1.60 bits per heavy atom. The van der Waals surface area contributed by atoms with Crippen molar-refractivity contribution in [1.29, 1.82) is 0 Å². The second-order valence-corrected chi connectivity index (χ2v) is 3.94. The predicted molar refractivity (Wildman–Crippen MR) is 57.3 cm³/mol. The van der Waals surface area contributed by atoms with Gasteiger partial charge in [0.25, 0.3) is 0 Å². The number of aromatic nitrogens is 3. The van der Waals surface area contributed by atoms with Crippen molar-refractivity contribution in [3.8, 4) is 0 Å². The number of rotatable bonds is 3. The molecule has 0 fully saturated rings. The van der Waals surface area contributed by atoms with Crippen molar-refractivity contribution in [2.45, 2.75) is 18.9 Å². The molecule has 0 saturated carbocycles. The highest BCUT2D eigenvalue weighted by atomic mass is 16.3. The van der Waals surface area contributed by atoms with E-state index in [-0.39, 0.29) is 6.54 Å². The highest BCUT2D eigenvalue weighted by Gasteiger charge is 2.20. The number of pyridine rings is 1. The number of nitrogens with one attached hydrogen (secondary N) is 1. The van der Waals surface area contributed by atoms with Crippen LogP contribution in [0, 0.1) is 0 Å². The van der Waals surface area contributed by atoms with Crippen LogP contribution in [0.2, 0.25) is 0 Å². The molecule has 0 radical (unpaired) electrons. The molecular formula is C10H14N4O. The topological polar surface area (TPSA) is 87.8 Å². The summed E-state index contributed by atoms with van der Waals surface area (Å²) in [5, 5.41) is 9.80. The van der Waals surface area contributed by atoms with Gasteiger partial charge in [-0.15, -0.1) is 0 Å². The van der Waals surface area contributed by atoms with E-state index in [1.807, 2.05) is 12.1 Å². The van der Waals surface area contributed by atoms with Crippen LogP contribution in [0.25, 0.3) is 11.2 Å². The molecule has 0 saturated heterocycles. The Bertz CT molecular complexity index is 430. The van der Waals surface area contributed by atoms with Crippen molar-refractivity contribution < 1.29 is 5.11 Å². The number of H-pyrrole nitrogens is 1. The number of hydrogen-bond acceptors (Lipinski definition) is 4. The lowest BCUT2D eigenvalue weighted by Crippen LogP contribution is -2.36. The molecule has 5 heteroatoms. The van der Waals surface area contributed by atoms with E-state index in [1.165, 1.54) is 0 Å². The average Bonchev–Trinajstić information content (AvgIpc) is 2.58. The molecule has 0 amide bonds. The van der Waals surface area contributed by atoms with E-state index in [9.17, 15) is 5.11 Å². The number of fused-ring (bicyclic) bond motifs is 1. The number of aliphatic hydroxyl groups is 1. The Morgan fingerprint density at radius 3 is 3.07 bits per heavy atom. The van der Waals surface area contributed by atoms with Crippen molar-refractivity contribution in [3.63, 3.8) is 0 Å². The number of imidazole rings is 1. The normalized spacial score (nSPS) is 15.4. The Labute approximate surface area is 87.4 Å². The zero-order valence-corrected chi connectivity index (χ0v) is 8.57. The van der Waals surface area contributed by atoms with Gasteiger partial charge in [-0.1, -0.05) is 0 Å². The zero-order valence-electron chi connectivity index (χ0n) is 8.57. The number of hydrogen-bond donors (Lipinski definition) is 3. The smallest absolute Gasteiger partial charge is 0.177 e. The van der Waals surface area contributed by atoms with E-state index in [4.69, 9.17) is 5.73 Å². The van der Waals surface area contributed by atoms with Crippen molar-refractivity contribution >= 4 is 11.2 Å². The van der Waals surface area contributed by atoms with Crippen LogP contribution >= 0.6 is 0 Å². The molecule has 0 aromatic carbocycles. The molecule has 4 N–H and O–H groups in total. The van der Waals surface area contributed by atoms with E-state index in [1.54, 1.807) is 13.1 Å². The minimum absolute atomic E-state index is 0.206. The van der Waals surface area contributed by atoms with Crippen LogP contribution in [0.4, 0.5) is 0 Å². The second kappa shape index (κ2) is 3.60. The van der Waals surface area contributed by atoms with Crippen LogP contribution in [0.15, 0.2) is 18.3 Å². The lowest BCUT2D eigenvalue weighted by molar-refractivity contribution is 0.0678. The molecular weight excluding hydrogens is 192 g/mol. The quantitative estimate of drug-likeness (QED) is 0.670. The van der Waals surface area contributed by atoms with Crippen LogP contribution < -0.4 is 5.73 Å². The number of nitrogens with zero attached hydrogens (tertiary/aromatic N) is 2. The maximum atomic E-state index is 9.80. The van der Waals surface area contributed by atoms with Crippen LogP contribution in [0.1, 0.15) is 12.7 Å². The Balaban J connectivity index is 2.30. The number of aromatic amines is 1. The van der Waals surface area contributed by atoms with Crippen LogP contribution in [0.3, 0.4) is 0 Å². The molecule has 0 spiro atoms. The third-order valence-electron chi connectivity index (χ3n) is 2.29. The van der Waals surface area contributed by atoms with Gasteiger partial charge in [0.2, 0.25) is 0 Å². The first-order chi connectivity index (χ1) is 7.11. The van der Waals surface area contributed by atoms with Crippen LogP contribution in [0.5, 0.6) is 0 Å². The molecule has 2 aromatic heterocycles. The SMILES string of the molecule is CC(O)(CN)Cc1nc2ncccc2[nH]1. The third kappa shape index (κ3) is 2.14. The molecule has 0 aliphatic rings. The Morgan fingerprint density at radius 2 is 2.40 bits per heavy atom. The largest absolute Gasteiger partial charge is 0.388 e. The van der Waals surface area contributed by atoms with Gasteiger partial charge in [-0.2, -0.15) is 0 Å². The fraction of sp³-hybridized carbons (Fsp3) is 0.400. The van der Waals surface area contributed by atoms with Gasteiger partial charge in [0.15, 0.2) is 5.65 Å². The lowest BCUT2D eigenvalue weighted by Gasteiger charge is -2.18. The summed E-state index contributed by atoms with van der Waals surface area (Å²) in [5.74, 6) is 0.708. The number of nitrogens with two attached hydrogens (primary N) is 1. The minimum atomic E-state index is -0.923. The molecule has 15 heavy (non-hydrogen) atoms. The first-order valence-electron chi connectivity index (χ1n) is 4.83. The standard InChI is InChI=1S/C10H14N4O/c1-10(15,6-11)5-8-13-7-3-2-4-12-9(7)14-8/h2-4,15H,5-6,11H2,1H3,(H,12,13,14). The lowest BCUT2D eigenvalue weighted by atomic mass is 10.0. The van der Waals surface area contributed by atoms with Gasteiger partial charge in [0, 0.05) is 19.2 Å². The summed E-state index contributed by atoms with van der Waals surface area (Å²) in [4.78, 5) is 11.5. The third-order valence-corrected chi connectivity index (χ3v) is 2.29. The monoisotopic (exact) mass is 206 g/mol. The molecule has 0 aliphatic carbocycles. The van der Waals surface area contributed by atoms with Gasteiger partial charge in [-0.25, -0.2) is 9.97 Å². The fourth-order valence-electron chi connectivity index (χ4n) is 1.41. The summed E-state index contributed by atoms with van der Waals surface area (Å²) in [6.45, 7) is 1.89. The Kier molecular flexibility index (Phi) is 2.42. The van der Waals surface area contributed by atoms with E-state index in [0.717, 1.165) is 5.52 Å². The summed E-state index contributed by atoms with van der Waals surface area (Å²) >= 11 is 0. The van der Waals surface area contributed by atoms with Gasteiger partial charge in [-0.05, 0) is 19.1 Å². The van der Waals surface area contributed by atoms with Crippen molar-refractivity contribution in [2.24, 2.45) is 5.73 Å². The highest BCUT2D eigenvalue weighted by Crippen LogP contribution is 2.13. The molecule has 0 aliphatic heterocycles. The fourth-order valence-corrected chi connectivity index (χ4v) is 1.41. The van der Waals surface area contributed by atoms with Gasteiger partial charge < -0.3 is 15.8 Å². The van der Waals surface area contributed by atoms with Gasteiger partial charge >= 0.3 is 0 Å². The van der Waals surface area contributed by atoms with Crippen molar-refractivity contribution in [2.75, 3.05) is 6.54 Å². The first kappa shape index (κ1) is 10.1. The minimum Gasteiger partial charge on any atom is -0.388 e. The van der Waals surface area contributed by atoms with Gasteiger partial charge in [-0.3, -0.25) is 0 Å². The van der Waals surface area contributed by atoms with Gasteiger partial charge in [0.05, 0.1) is 11.1 Å². The maximum Gasteiger partial charge on any atom is 0.177 e. The van der Waals surface area contributed by atoms with Crippen molar-refractivity contribution in [3.05, 3.63) is 24.2 Å². The zero-order chi connectivity index (χ0) is 10.9. The average molecular weight is 206 g/mol. The summed E-state index contributed by atoms with van der Waals surface area (Å²) in [5.41, 5.74) is 6.06. The molecule has 0 bridgehead atoms. The molecule has 80 valence electrons. The van der Waals surface area contributed by atoms with E-state index in [0.29, 0.717) is 17.9 Å². The van der Waals surface area contributed by atoms with E-state index in [2.05, 4.69) is 15.0 Å². The second-order valence-electron chi connectivity index (χ2n) is 3.94. The van der Waals surface area contributed by atoms with Crippen LogP contribution in [-0.4, -0.2) is 32.2 Å². The van der Waals surface area contributed by atoms with E-state index >= 15 is 0 Å². The van der Waals surface area contributed by atoms with E-state index < -0.39 is 5.60 Å². The molecule has 2 aromatic rings. The van der Waals surface area contributed by atoms with Crippen molar-refractivity contribution in [1.82, 2.24) is 15.0 Å². The molecule has 2 rings (SSSR count). The molecule has 1 atom stereocenters. The van der Waals surface area contributed by atoms with Gasteiger partial charge in [0.1, 0.15) is 5.82 Å².